The van der Waals surface area contributed by atoms with Crippen LogP contribution in [0.2, 0.25) is 0 Å². The number of para-hydroxylation sites is 2. The molecule has 4 rings (SSSR count). The third-order valence-electron chi connectivity index (χ3n) is 4.98. The largest absolute Gasteiger partial charge is 0.489 e. The highest BCUT2D eigenvalue weighted by Gasteiger charge is 2.14. The van der Waals surface area contributed by atoms with Crippen LogP contribution in [0.15, 0.2) is 78.9 Å². The molecular weight excluding hydrogens is 332 g/mol. The summed E-state index contributed by atoms with van der Waals surface area (Å²) in [6.45, 7) is 2.88. The predicted molar refractivity (Wildman–Crippen MR) is 113 cm³/mol. The molecule has 3 nitrogen and oxygen atoms in total. The van der Waals surface area contributed by atoms with Gasteiger partial charge in [-0.3, -0.25) is 0 Å². The molecule has 0 aliphatic carbocycles. The molecule has 0 unspecified atom stereocenters. The number of hydrogen-bond acceptors (Lipinski definition) is 3. The maximum absolute atomic E-state index is 5.88. The quantitative estimate of drug-likeness (QED) is 0.585. The summed E-state index contributed by atoms with van der Waals surface area (Å²) in [4.78, 5) is 2.49. The van der Waals surface area contributed by atoms with Crippen LogP contribution >= 0.6 is 0 Å². The second kappa shape index (κ2) is 8.63. The van der Waals surface area contributed by atoms with Crippen molar-refractivity contribution < 1.29 is 4.74 Å². The first kappa shape index (κ1) is 17.5. The third-order valence-corrected chi connectivity index (χ3v) is 4.98. The number of anilines is 3. The Morgan fingerprint density at radius 1 is 0.741 bits per heavy atom. The molecule has 1 fully saturated rings. The Hall–Kier alpha value is -2.94. The van der Waals surface area contributed by atoms with Gasteiger partial charge in [-0.1, -0.05) is 42.5 Å². The molecule has 1 saturated heterocycles. The van der Waals surface area contributed by atoms with Gasteiger partial charge >= 0.3 is 0 Å². The summed E-state index contributed by atoms with van der Waals surface area (Å²) in [5.41, 5.74) is 4.71. The highest BCUT2D eigenvalue weighted by atomic mass is 16.5. The van der Waals surface area contributed by atoms with Crippen LogP contribution in [0.3, 0.4) is 0 Å². The van der Waals surface area contributed by atoms with E-state index in [0.29, 0.717) is 6.61 Å². The van der Waals surface area contributed by atoms with Gasteiger partial charge in [0, 0.05) is 18.8 Å². The SMILES string of the molecule is c1ccc(COc2ccc(Nc3ccccc3N3CCCCC3)cc2)cc1. The molecule has 0 spiro atoms. The molecule has 0 radical (unpaired) electrons. The zero-order valence-electron chi connectivity index (χ0n) is 15.6. The number of hydrogen-bond donors (Lipinski definition) is 1. The molecule has 27 heavy (non-hydrogen) atoms. The molecule has 0 atom stereocenters. The molecule has 3 aromatic carbocycles. The van der Waals surface area contributed by atoms with E-state index in [1.165, 1.54) is 30.5 Å². The molecule has 3 heteroatoms. The average molecular weight is 358 g/mol. The minimum Gasteiger partial charge on any atom is -0.489 e. The molecule has 1 heterocycles. The first-order valence-electron chi connectivity index (χ1n) is 9.76. The van der Waals surface area contributed by atoms with Crippen molar-refractivity contribution in [1.82, 2.24) is 0 Å². The molecule has 1 aliphatic heterocycles. The number of piperidine rings is 1. The molecule has 0 amide bonds. The van der Waals surface area contributed by atoms with Crippen LogP contribution in [0, 0.1) is 0 Å². The smallest absolute Gasteiger partial charge is 0.119 e. The van der Waals surface area contributed by atoms with E-state index in [1.807, 2.05) is 30.3 Å². The predicted octanol–water partition coefficient (Wildman–Crippen LogP) is 6.00. The van der Waals surface area contributed by atoms with Gasteiger partial charge in [0.1, 0.15) is 12.4 Å². The Morgan fingerprint density at radius 2 is 1.44 bits per heavy atom. The Morgan fingerprint density at radius 3 is 2.22 bits per heavy atom. The van der Waals surface area contributed by atoms with Gasteiger partial charge in [-0.05, 0) is 61.2 Å². The summed E-state index contributed by atoms with van der Waals surface area (Å²) in [6.07, 6.45) is 3.90. The van der Waals surface area contributed by atoms with Crippen molar-refractivity contribution in [2.45, 2.75) is 25.9 Å². The molecule has 1 aliphatic rings. The number of nitrogens with zero attached hydrogens (tertiary/aromatic N) is 1. The maximum atomic E-state index is 5.88. The normalized spacial score (nSPS) is 14.0. The Labute approximate surface area is 161 Å². The van der Waals surface area contributed by atoms with Crippen LogP contribution in [0.1, 0.15) is 24.8 Å². The second-order valence-corrected chi connectivity index (χ2v) is 6.99. The summed E-state index contributed by atoms with van der Waals surface area (Å²) in [6, 6.07) is 27.0. The third kappa shape index (κ3) is 4.62. The number of ether oxygens (including phenoxy) is 1. The van der Waals surface area contributed by atoms with Gasteiger partial charge in [0.15, 0.2) is 0 Å². The van der Waals surface area contributed by atoms with Crippen molar-refractivity contribution in [3.8, 4) is 5.75 Å². The topological polar surface area (TPSA) is 24.5 Å². The van der Waals surface area contributed by atoms with E-state index in [1.54, 1.807) is 0 Å². The van der Waals surface area contributed by atoms with E-state index in [0.717, 1.165) is 30.2 Å². The highest BCUT2D eigenvalue weighted by Crippen LogP contribution is 2.31. The Balaban J connectivity index is 1.41. The lowest BCUT2D eigenvalue weighted by molar-refractivity contribution is 0.306. The number of nitrogens with one attached hydrogen (secondary N) is 1. The first-order valence-corrected chi connectivity index (χ1v) is 9.76. The van der Waals surface area contributed by atoms with E-state index >= 15 is 0 Å². The lowest BCUT2D eigenvalue weighted by atomic mass is 10.1. The van der Waals surface area contributed by atoms with Crippen LogP contribution in [0.5, 0.6) is 5.75 Å². The standard InChI is InChI=1S/C24H26N2O/c1-3-9-20(10-4-1)19-27-22-15-13-21(14-16-22)25-23-11-5-6-12-24(23)26-17-7-2-8-18-26/h1,3-6,9-16,25H,2,7-8,17-19H2. The van der Waals surface area contributed by atoms with Crippen molar-refractivity contribution in [3.05, 3.63) is 84.4 Å². The van der Waals surface area contributed by atoms with Crippen LogP contribution in [-0.4, -0.2) is 13.1 Å². The summed E-state index contributed by atoms with van der Waals surface area (Å²) < 4.78 is 5.88. The Bertz CT molecular complexity index is 840. The molecule has 138 valence electrons. The summed E-state index contributed by atoms with van der Waals surface area (Å²) >= 11 is 0. The molecule has 3 aromatic rings. The Kier molecular flexibility index (Phi) is 5.58. The van der Waals surface area contributed by atoms with Crippen LogP contribution < -0.4 is 15.0 Å². The van der Waals surface area contributed by atoms with Crippen LogP contribution in [0.25, 0.3) is 0 Å². The minimum atomic E-state index is 0.589. The molecular formula is C24H26N2O. The molecule has 1 N–H and O–H groups in total. The fourth-order valence-electron chi connectivity index (χ4n) is 3.52. The van der Waals surface area contributed by atoms with Gasteiger partial charge < -0.3 is 15.0 Å². The van der Waals surface area contributed by atoms with E-state index in [9.17, 15) is 0 Å². The lowest BCUT2D eigenvalue weighted by Crippen LogP contribution is -2.29. The van der Waals surface area contributed by atoms with E-state index in [-0.39, 0.29) is 0 Å². The maximum Gasteiger partial charge on any atom is 0.119 e. The van der Waals surface area contributed by atoms with Gasteiger partial charge in [0.2, 0.25) is 0 Å². The number of benzene rings is 3. The highest BCUT2D eigenvalue weighted by molar-refractivity contribution is 5.75. The fraction of sp³-hybridized carbons (Fsp3) is 0.250. The second-order valence-electron chi connectivity index (χ2n) is 6.99. The minimum absolute atomic E-state index is 0.589. The summed E-state index contributed by atoms with van der Waals surface area (Å²) in [7, 11) is 0. The van der Waals surface area contributed by atoms with E-state index in [4.69, 9.17) is 4.74 Å². The molecule has 0 bridgehead atoms. The summed E-state index contributed by atoms with van der Waals surface area (Å²) in [5, 5.41) is 3.57. The van der Waals surface area contributed by atoms with Gasteiger partial charge in [-0.25, -0.2) is 0 Å². The molecule has 0 aromatic heterocycles. The average Bonchev–Trinajstić information content (AvgIpc) is 2.75. The van der Waals surface area contributed by atoms with Crippen molar-refractivity contribution in [1.29, 1.82) is 0 Å². The van der Waals surface area contributed by atoms with Crippen molar-refractivity contribution in [3.63, 3.8) is 0 Å². The number of rotatable bonds is 6. The van der Waals surface area contributed by atoms with Crippen molar-refractivity contribution in [2.24, 2.45) is 0 Å². The van der Waals surface area contributed by atoms with Crippen LogP contribution in [0.4, 0.5) is 17.1 Å². The first-order chi connectivity index (χ1) is 13.4. The van der Waals surface area contributed by atoms with Crippen molar-refractivity contribution in [2.75, 3.05) is 23.3 Å². The monoisotopic (exact) mass is 358 g/mol. The van der Waals surface area contributed by atoms with Gasteiger partial charge in [-0.15, -0.1) is 0 Å². The van der Waals surface area contributed by atoms with Crippen LogP contribution in [-0.2, 0) is 6.61 Å². The zero-order valence-corrected chi connectivity index (χ0v) is 15.6. The van der Waals surface area contributed by atoms with E-state index in [2.05, 4.69) is 58.7 Å². The van der Waals surface area contributed by atoms with Gasteiger partial charge in [-0.2, -0.15) is 0 Å². The van der Waals surface area contributed by atoms with Gasteiger partial charge in [0.25, 0.3) is 0 Å². The summed E-state index contributed by atoms with van der Waals surface area (Å²) in [5.74, 6) is 0.883. The fourth-order valence-corrected chi connectivity index (χ4v) is 3.52. The molecule has 0 saturated carbocycles. The van der Waals surface area contributed by atoms with Gasteiger partial charge in [0.05, 0.1) is 11.4 Å². The zero-order chi connectivity index (χ0) is 18.3. The van der Waals surface area contributed by atoms with E-state index < -0.39 is 0 Å². The van der Waals surface area contributed by atoms with Crippen molar-refractivity contribution >= 4 is 17.1 Å². The lowest BCUT2D eigenvalue weighted by Gasteiger charge is -2.30.